The number of thioether (sulfide) groups is 1. The van der Waals surface area contributed by atoms with Crippen molar-refractivity contribution in [3.05, 3.63) is 47.7 Å². The Kier molecular flexibility index (Phi) is 4.63. The van der Waals surface area contributed by atoms with Crippen molar-refractivity contribution in [2.75, 3.05) is 5.32 Å². The van der Waals surface area contributed by atoms with Gasteiger partial charge in [-0.1, -0.05) is 35.5 Å². The quantitative estimate of drug-likeness (QED) is 0.910. The Labute approximate surface area is 116 Å². The fourth-order valence-electron chi connectivity index (χ4n) is 1.52. The van der Waals surface area contributed by atoms with Crippen LogP contribution in [0.25, 0.3) is 0 Å². The van der Waals surface area contributed by atoms with Gasteiger partial charge in [-0.3, -0.25) is 4.79 Å². The molecule has 0 aliphatic heterocycles. The molecule has 0 unspecified atom stereocenters. The van der Waals surface area contributed by atoms with Crippen molar-refractivity contribution in [1.82, 2.24) is 5.16 Å². The lowest BCUT2D eigenvalue weighted by Gasteiger charge is -2.10. The number of aryl methyl sites for hydroxylation is 1. The molecule has 1 aromatic carbocycles. The van der Waals surface area contributed by atoms with E-state index in [4.69, 9.17) is 4.52 Å². The fraction of sp³-hybridized carbons (Fsp3) is 0.286. The lowest BCUT2D eigenvalue weighted by atomic mass is 10.2. The van der Waals surface area contributed by atoms with E-state index in [2.05, 4.69) is 22.6 Å². The third-order valence-corrected chi connectivity index (χ3v) is 3.81. The number of carbonyl (C=O) groups excluding carboxylic acids is 1. The van der Waals surface area contributed by atoms with E-state index in [1.54, 1.807) is 24.8 Å². The van der Waals surface area contributed by atoms with Crippen molar-refractivity contribution in [2.24, 2.45) is 0 Å². The molecule has 0 spiro atoms. The summed E-state index contributed by atoms with van der Waals surface area (Å²) in [6.07, 6.45) is 0. The molecule has 5 heteroatoms. The predicted molar refractivity (Wildman–Crippen MR) is 77.1 cm³/mol. The van der Waals surface area contributed by atoms with Gasteiger partial charge in [0.1, 0.15) is 5.76 Å². The van der Waals surface area contributed by atoms with E-state index in [-0.39, 0.29) is 11.2 Å². The van der Waals surface area contributed by atoms with Crippen molar-refractivity contribution >= 4 is 23.5 Å². The molecular weight excluding hydrogens is 260 g/mol. The van der Waals surface area contributed by atoms with E-state index in [0.717, 1.165) is 5.75 Å². The topological polar surface area (TPSA) is 55.1 Å². The van der Waals surface area contributed by atoms with Gasteiger partial charge >= 0.3 is 0 Å². The molecule has 1 N–H and O–H groups in total. The van der Waals surface area contributed by atoms with Crippen LogP contribution in [-0.2, 0) is 10.5 Å². The number of aromatic nitrogens is 1. The van der Waals surface area contributed by atoms with Crippen LogP contribution in [0.5, 0.6) is 0 Å². The zero-order valence-electron chi connectivity index (χ0n) is 10.9. The van der Waals surface area contributed by atoms with Crippen LogP contribution in [0, 0.1) is 6.92 Å². The second-order valence-corrected chi connectivity index (χ2v) is 5.58. The third-order valence-electron chi connectivity index (χ3n) is 2.59. The summed E-state index contributed by atoms with van der Waals surface area (Å²) in [5.41, 5.74) is 1.21. The number of anilines is 1. The van der Waals surface area contributed by atoms with Gasteiger partial charge in [-0.25, -0.2) is 0 Å². The number of benzene rings is 1. The Bertz CT molecular complexity index is 539. The minimum atomic E-state index is -0.141. The van der Waals surface area contributed by atoms with Crippen LogP contribution >= 0.6 is 11.8 Å². The van der Waals surface area contributed by atoms with Crippen LogP contribution in [0.2, 0.25) is 0 Å². The second kappa shape index (κ2) is 6.43. The van der Waals surface area contributed by atoms with Crippen LogP contribution in [0.3, 0.4) is 0 Å². The number of nitrogens with zero attached hydrogens (tertiary/aromatic N) is 1. The first-order valence-corrected chi connectivity index (χ1v) is 7.10. The third kappa shape index (κ3) is 4.13. The van der Waals surface area contributed by atoms with Crippen molar-refractivity contribution in [3.8, 4) is 0 Å². The summed E-state index contributed by atoms with van der Waals surface area (Å²) in [5, 5.41) is 6.33. The van der Waals surface area contributed by atoms with Gasteiger partial charge in [0.15, 0.2) is 5.82 Å². The molecule has 0 radical (unpaired) electrons. The fourth-order valence-corrected chi connectivity index (χ4v) is 2.37. The summed E-state index contributed by atoms with van der Waals surface area (Å²) in [6, 6.07) is 11.8. The highest BCUT2D eigenvalue weighted by atomic mass is 32.2. The maximum Gasteiger partial charge on any atom is 0.238 e. The average Bonchev–Trinajstić information content (AvgIpc) is 2.82. The van der Waals surface area contributed by atoms with Gasteiger partial charge < -0.3 is 9.84 Å². The van der Waals surface area contributed by atoms with Gasteiger partial charge in [0.05, 0.1) is 5.25 Å². The molecule has 0 saturated heterocycles. The molecule has 1 heterocycles. The number of hydrogen-bond acceptors (Lipinski definition) is 4. The van der Waals surface area contributed by atoms with E-state index in [1.807, 2.05) is 25.1 Å². The normalized spacial score (nSPS) is 12.1. The van der Waals surface area contributed by atoms with Gasteiger partial charge in [0.25, 0.3) is 0 Å². The highest BCUT2D eigenvalue weighted by molar-refractivity contribution is 7.99. The standard InChI is InChI=1S/C14H16N2O2S/c1-10-8-13(16-18-10)15-14(17)11(2)19-9-12-6-4-3-5-7-12/h3-8,11H,9H2,1-2H3,(H,15,16,17)/t11-/m0/s1. The van der Waals surface area contributed by atoms with Crippen molar-refractivity contribution in [1.29, 1.82) is 0 Å². The molecular formula is C14H16N2O2S. The lowest BCUT2D eigenvalue weighted by molar-refractivity contribution is -0.115. The van der Waals surface area contributed by atoms with E-state index < -0.39 is 0 Å². The maximum absolute atomic E-state index is 11.9. The molecule has 0 saturated carbocycles. The molecule has 100 valence electrons. The predicted octanol–water partition coefficient (Wildman–Crippen LogP) is 3.24. The highest BCUT2D eigenvalue weighted by Crippen LogP contribution is 2.19. The summed E-state index contributed by atoms with van der Waals surface area (Å²) in [6.45, 7) is 3.67. The number of amides is 1. The Balaban J connectivity index is 1.82. The van der Waals surface area contributed by atoms with Gasteiger partial charge in [-0.2, -0.15) is 0 Å². The monoisotopic (exact) mass is 276 g/mol. The van der Waals surface area contributed by atoms with Crippen LogP contribution in [0.15, 0.2) is 40.9 Å². The first kappa shape index (κ1) is 13.7. The zero-order chi connectivity index (χ0) is 13.7. The summed E-state index contributed by atoms with van der Waals surface area (Å²) in [7, 11) is 0. The molecule has 0 fully saturated rings. The van der Waals surface area contributed by atoms with Gasteiger partial charge in [-0.15, -0.1) is 11.8 Å². The second-order valence-electron chi connectivity index (χ2n) is 4.25. The van der Waals surface area contributed by atoms with Gasteiger partial charge in [0.2, 0.25) is 5.91 Å². The zero-order valence-corrected chi connectivity index (χ0v) is 11.7. The van der Waals surface area contributed by atoms with Gasteiger partial charge in [0, 0.05) is 11.8 Å². The van der Waals surface area contributed by atoms with Crippen LogP contribution in [0.1, 0.15) is 18.2 Å². The molecule has 0 aliphatic rings. The molecule has 2 aromatic rings. The van der Waals surface area contributed by atoms with Crippen molar-refractivity contribution in [3.63, 3.8) is 0 Å². The van der Waals surface area contributed by atoms with E-state index in [0.29, 0.717) is 11.6 Å². The van der Waals surface area contributed by atoms with E-state index >= 15 is 0 Å². The summed E-state index contributed by atoms with van der Waals surface area (Å²) in [4.78, 5) is 11.9. The summed E-state index contributed by atoms with van der Waals surface area (Å²) >= 11 is 1.59. The summed E-state index contributed by atoms with van der Waals surface area (Å²) < 4.78 is 4.90. The van der Waals surface area contributed by atoms with Crippen LogP contribution < -0.4 is 5.32 Å². The van der Waals surface area contributed by atoms with Crippen molar-refractivity contribution in [2.45, 2.75) is 24.9 Å². The minimum absolute atomic E-state index is 0.0609. The first-order valence-electron chi connectivity index (χ1n) is 6.05. The Morgan fingerprint density at radius 1 is 1.42 bits per heavy atom. The molecule has 2 rings (SSSR count). The highest BCUT2D eigenvalue weighted by Gasteiger charge is 2.15. The largest absolute Gasteiger partial charge is 0.360 e. The molecule has 1 aromatic heterocycles. The molecule has 0 bridgehead atoms. The smallest absolute Gasteiger partial charge is 0.238 e. The molecule has 1 atom stereocenters. The number of carbonyl (C=O) groups is 1. The maximum atomic E-state index is 11.9. The van der Waals surface area contributed by atoms with Crippen molar-refractivity contribution < 1.29 is 9.32 Å². The Morgan fingerprint density at radius 2 is 2.16 bits per heavy atom. The Morgan fingerprint density at radius 3 is 2.79 bits per heavy atom. The Hall–Kier alpha value is -1.75. The number of nitrogens with one attached hydrogen (secondary N) is 1. The lowest BCUT2D eigenvalue weighted by Crippen LogP contribution is -2.22. The average molecular weight is 276 g/mol. The summed E-state index contributed by atoms with van der Waals surface area (Å²) in [5.74, 6) is 1.90. The molecule has 1 amide bonds. The van der Waals surface area contributed by atoms with Gasteiger partial charge in [-0.05, 0) is 19.4 Å². The van der Waals surface area contributed by atoms with Crippen LogP contribution in [0.4, 0.5) is 5.82 Å². The first-order chi connectivity index (χ1) is 9.15. The van der Waals surface area contributed by atoms with E-state index in [9.17, 15) is 4.79 Å². The number of hydrogen-bond donors (Lipinski definition) is 1. The number of rotatable bonds is 5. The molecule has 19 heavy (non-hydrogen) atoms. The molecule has 4 nitrogen and oxygen atoms in total. The SMILES string of the molecule is Cc1cc(NC(=O)[C@H](C)SCc2ccccc2)no1. The van der Waals surface area contributed by atoms with Crippen LogP contribution in [-0.4, -0.2) is 16.3 Å². The van der Waals surface area contributed by atoms with E-state index in [1.165, 1.54) is 5.56 Å². The molecule has 0 aliphatic carbocycles. The minimum Gasteiger partial charge on any atom is -0.360 e.